The van der Waals surface area contributed by atoms with Crippen molar-refractivity contribution < 1.29 is 52.7 Å². The summed E-state index contributed by atoms with van der Waals surface area (Å²) in [6, 6.07) is -11.2. The van der Waals surface area contributed by atoms with E-state index < -0.39 is 132 Å². The van der Waals surface area contributed by atoms with E-state index in [1.165, 1.54) is 43.2 Å². The van der Waals surface area contributed by atoms with Crippen molar-refractivity contribution in [3.8, 4) is 0 Å². The molecular formula is C39H68N16O11S4. The van der Waals surface area contributed by atoms with Crippen LogP contribution in [-0.2, 0) is 52.7 Å². The van der Waals surface area contributed by atoms with Gasteiger partial charge < -0.3 is 82.7 Å². The van der Waals surface area contributed by atoms with Gasteiger partial charge in [0.1, 0.15) is 48.3 Å². The Kier molecular flexibility index (Phi) is 27.7. The van der Waals surface area contributed by atoms with Gasteiger partial charge in [0.2, 0.25) is 65.0 Å². The minimum atomic E-state index is -1.48. The molecule has 0 aromatic carbocycles. The van der Waals surface area contributed by atoms with Crippen LogP contribution >= 0.6 is 43.2 Å². The molecule has 11 amide bonds. The highest BCUT2D eigenvalue weighted by Gasteiger charge is 2.37. The van der Waals surface area contributed by atoms with E-state index in [1.54, 1.807) is 13.8 Å². The number of amides is 11. The largest absolute Gasteiger partial charge is 0.370 e. The second-order valence-electron chi connectivity index (χ2n) is 16.4. The molecule has 0 radical (unpaired) electrons. The Balaban J connectivity index is 2.36. The third-order valence-electron chi connectivity index (χ3n) is 10.7. The second-order valence-corrected chi connectivity index (χ2v) is 21.5. The van der Waals surface area contributed by atoms with Crippen molar-refractivity contribution in [3.05, 3.63) is 0 Å². The molecule has 0 aliphatic carbocycles. The van der Waals surface area contributed by atoms with E-state index >= 15 is 0 Å². The number of guanidine groups is 1. The first kappa shape index (κ1) is 60.9. The maximum absolute atomic E-state index is 14.2. The molecule has 2 fully saturated rings. The van der Waals surface area contributed by atoms with Gasteiger partial charge >= 0.3 is 0 Å². The van der Waals surface area contributed by atoms with Crippen molar-refractivity contribution >= 4 is 114 Å². The molecule has 0 aromatic heterocycles. The van der Waals surface area contributed by atoms with Crippen molar-refractivity contribution in [1.29, 1.82) is 0 Å². The van der Waals surface area contributed by atoms with Crippen molar-refractivity contribution in [2.24, 2.45) is 51.0 Å². The number of carbonyl (C=O) groups is 11. The normalized spacial score (nSPS) is 20.9. The number of carbonyl (C=O) groups excluding carboxylic acids is 11. The molecular weight excluding hydrogens is 997 g/mol. The second kappa shape index (κ2) is 31.9. The molecule has 0 saturated carbocycles. The average Bonchev–Trinajstić information content (AvgIpc) is 3.28. The average molecular weight is 1070 g/mol. The van der Waals surface area contributed by atoms with Crippen molar-refractivity contribution in [2.75, 3.05) is 36.1 Å². The first-order valence-corrected chi connectivity index (χ1v) is 27.3. The highest BCUT2D eigenvalue weighted by molar-refractivity contribution is 8.77. The highest BCUT2D eigenvalue weighted by atomic mass is 33.1. The summed E-state index contributed by atoms with van der Waals surface area (Å²) in [5.41, 5.74) is 38.4. The molecule has 0 unspecified atom stereocenters. The maximum atomic E-state index is 14.2. The molecule has 10 atom stereocenters. The lowest BCUT2D eigenvalue weighted by molar-refractivity contribution is -0.136. The lowest BCUT2D eigenvalue weighted by atomic mass is 9.97. The number of nitrogens with one attached hydrogen (secondary N) is 8. The monoisotopic (exact) mass is 1060 g/mol. The van der Waals surface area contributed by atoms with E-state index in [0.717, 1.165) is 0 Å². The molecule has 2 heterocycles. The van der Waals surface area contributed by atoms with Gasteiger partial charge in [-0.3, -0.25) is 57.7 Å². The Hall–Kier alpha value is -5.24. The highest BCUT2D eigenvalue weighted by Crippen LogP contribution is 2.26. The standard InChI is InChI=1S/C39H68N16O11S4/c1-3-18(2)29(38(66)54-26-17-68-67-14-23(30(44)58)51-36(26)64)55-34(62)22(9-10-27(42)56)50-32(60)20(7-4-5-11-40)48-33(61)21(8-6-12-47-39(45)46)49-35(63)25-16-70-69-15-24(37(65)53-25)52-31(59)19(41)13-28(43)57/h18-26,29H,3-17,40-41H2,1-2H3,(H2,42,56)(H2,43,57)(H2,44,58)(H,48,61)(H,49,63)(H,50,60)(H,51,64)(H,52,59)(H,53,65)(H,54,66)(H,55,62)(H4,45,46,47)/t18-,19-,20-,21-,22-,23-,24-,25-,26-,29-/m0/s1. The summed E-state index contributed by atoms with van der Waals surface area (Å²) >= 11 is 0. The number of unbranched alkanes of at least 4 members (excludes halogenated alkanes) is 1. The molecule has 2 aliphatic rings. The smallest absolute Gasteiger partial charge is 0.244 e. The molecule has 27 nitrogen and oxygen atoms in total. The van der Waals surface area contributed by atoms with Crippen LogP contribution in [0, 0.1) is 5.92 Å². The van der Waals surface area contributed by atoms with E-state index in [-0.39, 0.29) is 74.2 Å². The first-order valence-electron chi connectivity index (χ1n) is 22.4. The van der Waals surface area contributed by atoms with E-state index in [2.05, 4.69) is 47.5 Å². The molecule has 0 aromatic rings. The summed E-state index contributed by atoms with van der Waals surface area (Å²) in [7, 11) is 4.89. The summed E-state index contributed by atoms with van der Waals surface area (Å²) in [5, 5.41) is 20.7. The number of aliphatic imine (C=N–C) groups is 1. The number of nitrogens with zero attached hydrogens (tertiary/aromatic N) is 1. The van der Waals surface area contributed by atoms with Gasteiger partial charge in [-0.2, -0.15) is 0 Å². The van der Waals surface area contributed by atoms with Crippen LogP contribution in [0.1, 0.15) is 71.6 Å². The number of primary amides is 3. The minimum Gasteiger partial charge on any atom is -0.370 e. The van der Waals surface area contributed by atoms with E-state index in [9.17, 15) is 52.7 Å². The summed E-state index contributed by atoms with van der Waals surface area (Å²) in [5.74, 6) is -9.03. The Morgan fingerprint density at radius 3 is 1.67 bits per heavy atom. The molecule has 70 heavy (non-hydrogen) atoms. The van der Waals surface area contributed by atoms with E-state index in [4.69, 9.17) is 40.1 Å². The SMILES string of the molecule is CC[C@H](C)[C@H](NC(=O)[C@H](CCC(N)=O)NC(=O)[C@H](CCCCN)NC(=O)[C@H](CCCN=C(N)N)NC(=O)[C@@H]1CSSC[C@H](NC(=O)[C@@H](N)CC(N)=O)C(=O)N1)C(=O)N[C@H]1CSSC[C@@H](C(N)=O)NC1=O. The fourth-order valence-electron chi connectivity index (χ4n) is 6.46. The Bertz CT molecular complexity index is 1900. The fourth-order valence-corrected chi connectivity index (χ4v) is 11.1. The van der Waals surface area contributed by atoms with Crippen molar-refractivity contribution in [3.63, 3.8) is 0 Å². The molecule has 2 rings (SSSR count). The number of rotatable bonds is 28. The first-order chi connectivity index (χ1) is 33.1. The van der Waals surface area contributed by atoms with Crippen LogP contribution < -0.4 is 82.7 Å². The summed E-state index contributed by atoms with van der Waals surface area (Å²) in [6.45, 7) is 3.71. The number of hydrogen-bond donors (Lipinski definition) is 15. The van der Waals surface area contributed by atoms with Crippen LogP contribution in [0.5, 0.6) is 0 Å². The zero-order valence-corrected chi connectivity index (χ0v) is 42.3. The fraction of sp³-hybridized carbons (Fsp3) is 0.692. The molecule has 2 aliphatic heterocycles. The predicted molar refractivity (Wildman–Crippen MR) is 267 cm³/mol. The summed E-state index contributed by atoms with van der Waals surface area (Å²) < 4.78 is 0. The van der Waals surface area contributed by atoms with Crippen molar-refractivity contribution in [1.82, 2.24) is 42.5 Å². The van der Waals surface area contributed by atoms with Gasteiger partial charge in [-0.05, 0) is 51.0 Å². The molecule has 394 valence electrons. The molecule has 2 saturated heterocycles. The van der Waals surface area contributed by atoms with Crippen LogP contribution in [-0.4, -0.2) is 161 Å². The van der Waals surface area contributed by atoms with Crippen LogP contribution in [0.25, 0.3) is 0 Å². The third-order valence-corrected chi connectivity index (χ3v) is 15.5. The number of nitrogens with two attached hydrogens (primary N) is 7. The lowest BCUT2D eigenvalue weighted by Gasteiger charge is -2.30. The Morgan fingerprint density at radius 1 is 0.643 bits per heavy atom. The van der Waals surface area contributed by atoms with Gasteiger partial charge in [0.05, 0.1) is 12.5 Å². The molecule has 0 bridgehead atoms. The third kappa shape index (κ3) is 22.2. The van der Waals surface area contributed by atoms with Crippen molar-refractivity contribution in [2.45, 2.75) is 126 Å². The van der Waals surface area contributed by atoms with Gasteiger partial charge in [0, 0.05) is 36.0 Å². The van der Waals surface area contributed by atoms with Crippen LogP contribution in [0.2, 0.25) is 0 Å². The molecule has 22 N–H and O–H groups in total. The zero-order chi connectivity index (χ0) is 52.5. The lowest BCUT2D eigenvalue weighted by Crippen LogP contribution is -2.62. The Labute approximate surface area is 420 Å². The van der Waals surface area contributed by atoms with Crippen LogP contribution in [0.3, 0.4) is 0 Å². The minimum absolute atomic E-state index is 0.00931. The Morgan fingerprint density at radius 2 is 1.14 bits per heavy atom. The van der Waals surface area contributed by atoms with E-state index in [0.29, 0.717) is 19.3 Å². The van der Waals surface area contributed by atoms with Crippen LogP contribution in [0.15, 0.2) is 4.99 Å². The predicted octanol–water partition coefficient (Wildman–Crippen LogP) is -6.16. The van der Waals surface area contributed by atoms with E-state index in [1.807, 2.05) is 0 Å². The molecule has 31 heteroatoms. The maximum Gasteiger partial charge on any atom is 0.244 e. The molecule has 0 spiro atoms. The topological polar surface area (TPSA) is 479 Å². The van der Waals surface area contributed by atoms with Crippen LogP contribution in [0.4, 0.5) is 0 Å². The number of hydrogen-bond acceptors (Lipinski definition) is 18. The van der Waals surface area contributed by atoms with Gasteiger partial charge in [-0.15, -0.1) is 0 Å². The summed E-state index contributed by atoms with van der Waals surface area (Å²) in [6.07, 6.45) is 0.00816. The quantitative estimate of drug-likeness (QED) is 0.0150. The van der Waals surface area contributed by atoms with Gasteiger partial charge in [-0.25, -0.2) is 0 Å². The van der Waals surface area contributed by atoms with Gasteiger partial charge in [-0.1, -0.05) is 63.4 Å². The van der Waals surface area contributed by atoms with Gasteiger partial charge in [0.15, 0.2) is 5.96 Å². The summed E-state index contributed by atoms with van der Waals surface area (Å²) in [4.78, 5) is 148. The van der Waals surface area contributed by atoms with Gasteiger partial charge in [0.25, 0.3) is 0 Å². The zero-order valence-electron chi connectivity index (χ0n) is 39.0.